The highest BCUT2D eigenvalue weighted by Crippen LogP contribution is 2.45. The fraction of sp³-hybridized carbons (Fsp3) is 0. The van der Waals surface area contributed by atoms with Crippen LogP contribution in [0.2, 0.25) is 0 Å². The van der Waals surface area contributed by atoms with Gasteiger partial charge >= 0.3 is 0 Å². The molecule has 6 heteroatoms. The van der Waals surface area contributed by atoms with Crippen molar-refractivity contribution in [2.45, 2.75) is 0 Å². The lowest BCUT2D eigenvalue weighted by atomic mass is 10.3. The van der Waals surface area contributed by atoms with Crippen LogP contribution in [-0.2, 0) is 0 Å². The molecule has 0 atom stereocenters. The highest BCUT2D eigenvalue weighted by Gasteiger charge is 2.12. The molecule has 0 aliphatic heterocycles. The molecule has 4 aromatic rings. The lowest BCUT2D eigenvalue weighted by molar-refractivity contribution is 1.94. The van der Waals surface area contributed by atoms with Gasteiger partial charge in [-0.1, -0.05) is 0 Å². The maximum atomic E-state index is 3.53. The molecule has 0 radical (unpaired) electrons. The van der Waals surface area contributed by atoms with Gasteiger partial charge in [0.25, 0.3) is 0 Å². The summed E-state index contributed by atoms with van der Waals surface area (Å²) < 4.78 is 5.14. The summed E-state index contributed by atoms with van der Waals surface area (Å²) in [6.07, 6.45) is 0. The number of hydrogen-bond acceptors (Lipinski definition) is 4. The summed E-state index contributed by atoms with van der Waals surface area (Å²) in [5.74, 6) is 0. The number of hydrogen-bond donors (Lipinski definition) is 0. The summed E-state index contributed by atoms with van der Waals surface area (Å²) in [6, 6.07) is 13.2. The van der Waals surface area contributed by atoms with E-state index in [1.165, 1.54) is 36.5 Å². The predicted octanol–water partition coefficient (Wildman–Crippen LogP) is 7.94. The highest BCUT2D eigenvalue weighted by atomic mass is 79.9. The molecule has 0 unspecified atom stereocenters. The van der Waals surface area contributed by atoms with Crippen LogP contribution in [-0.4, -0.2) is 0 Å². The first-order valence-electron chi connectivity index (χ1n) is 5.74. The SMILES string of the molecule is Brc1ccc(-c2cc3sc(-c4ccc(Br)s4)cc3s2)s1. The van der Waals surface area contributed by atoms with Crippen molar-refractivity contribution < 1.29 is 0 Å². The zero-order valence-electron chi connectivity index (χ0n) is 9.85. The van der Waals surface area contributed by atoms with Gasteiger partial charge in [-0.25, -0.2) is 0 Å². The zero-order valence-corrected chi connectivity index (χ0v) is 16.3. The Bertz CT molecular complexity index is 792. The Morgan fingerprint density at radius 3 is 1.35 bits per heavy atom. The molecular formula is C14H6Br2S4. The van der Waals surface area contributed by atoms with Crippen LogP contribution in [0.25, 0.3) is 28.9 Å². The lowest BCUT2D eigenvalue weighted by Gasteiger charge is -1.89. The average molecular weight is 462 g/mol. The van der Waals surface area contributed by atoms with E-state index >= 15 is 0 Å². The molecule has 0 nitrogen and oxygen atoms in total. The van der Waals surface area contributed by atoms with Crippen molar-refractivity contribution in [2.24, 2.45) is 0 Å². The molecule has 0 aliphatic rings. The summed E-state index contributed by atoms with van der Waals surface area (Å²) in [5.41, 5.74) is 0. The number of thiophene rings is 4. The van der Waals surface area contributed by atoms with Gasteiger partial charge in [0.05, 0.1) is 7.57 Å². The fourth-order valence-electron chi connectivity index (χ4n) is 1.97. The largest absolute Gasteiger partial charge is 0.133 e. The van der Waals surface area contributed by atoms with Crippen molar-refractivity contribution in [2.75, 3.05) is 0 Å². The van der Waals surface area contributed by atoms with E-state index in [9.17, 15) is 0 Å². The molecule has 0 aromatic carbocycles. The third kappa shape index (κ3) is 2.46. The van der Waals surface area contributed by atoms with E-state index in [0.717, 1.165) is 0 Å². The predicted molar refractivity (Wildman–Crippen MR) is 102 cm³/mol. The molecule has 0 saturated carbocycles. The Morgan fingerprint density at radius 2 is 1.00 bits per heavy atom. The molecule has 0 bridgehead atoms. The van der Waals surface area contributed by atoms with Gasteiger partial charge < -0.3 is 0 Å². The first kappa shape index (κ1) is 13.7. The van der Waals surface area contributed by atoms with Crippen molar-refractivity contribution in [1.82, 2.24) is 0 Å². The maximum absolute atomic E-state index is 3.53. The van der Waals surface area contributed by atoms with Crippen LogP contribution in [0.15, 0.2) is 44.0 Å². The highest BCUT2D eigenvalue weighted by molar-refractivity contribution is 9.11. The molecule has 4 heterocycles. The summed E-state index contributed by atoms with van der Waals surface area (Å²) in [5, 5.41) is 0. The zero-order chi connectivity index (χ0) is 13.7. The quantitative estimate of drug-likeness (QED) is 0.284. The van der Waals surface area contributed by atoms with E-state index in [1.54, 1.807) is 22.7 Å². The van der Waals surface area contributed by atoms with Crippen LogP contribution in [0.3, 0.4) is 0 Å². The topological polar surface area (TPSA) is 0 Å². The van der Waals surface area contributed by atoms with Crippen molar-refractivity contribution >= 4 is 86.6 Å². The molecule has 4 aromatic heterocycles. The third-order valence-corrected chi connectivity index (χ3v) is 8.77. The van der Waals surface area contributed by atoms with Crippen LogP contribution in [0.5, 0.6) is 0 Å². The van der Waals surface area contributed by atoms with E-state index < -0.39 is 0 Å². The Kier molecular flexibility index (Phi) is 3.65. The minimum atomic E-state index is 1.19. The van der Waals surface area contributed by atoms with Crippen molar-refractivity contribution in [3.05, 3.63) is 44.0 Å². The summed E-state index contributed by atoms with van der Waals surface area (Å²) >= 11 is 14.4. The lowest BCUT2D eigenvalue weighted by Crippen LogP contribution is -1.59. The van der Waals surface area contributed by atoms with Crippen LogP contribution in [0.4, 0.5) is 0 Å². The number of halogens is 2. The van der Waals surface area contributed by atoms with Gasteiger partial charge in [0.1, 0.15) is 0 Å². The van der Waals surface area contributed by atoms with Crippen molar-refractivity contribution in [1.29, 1.82) is 0 Å². The van der Waals surface area contributed by atoms with Gasteiger partial charge in [-0.2, -0.15) is 0 Å². The normalized spacial score (nSPS) is 11.5. The Balaban J connectivity index is 1.77. The number of rotatable bonds is 2. The molecule has 0 spiro atoms. The van der Waals surface area contributed by atoms with Gasteiger partial charge in [-0.05, 0) is 68.3 Å². The van der Waals surface area contributed by atoms with Gasteiger partial charge in [-0.3, -0.25) is 0 Å². The molecular weight excluding hydrogens is 456 g/mol. The molecule has 0 fully saturated rings. The van der Waals surface area contributed by atoms with Crippen LogP contribution >= 0.6 is 77.2 Å². The van der Waals surface area contributed by atoms with Crippen LogP contribution in [0.1, 0.15) is 0 Å². The monoisotopic (exact) mass is 460 g/mol. The Morgan fingerprint density at radius 1 is 0.550 bits per heavy atom. The molecule has 0 saturated heterocycles. The fourth-order valence-corrected chi connectivity index (χ4v) is 7.30. The molecule has 100 valence electrons. The third-order valence-electron chi connectivity index (χ3n) is 2.84. The van der Waals surface area contributed by atoms with Crippen molar-refractivity contribution in [3.63, 3.8) is 0 Å². The minimum Gasteiger partial charge on any atom is -0.133 e. The van der Waals surface area contributed by atoms with E-state index in [4.69, 9.17) is 0 Å². The van der Waals surface area contributed by atoms with E-state index in [1.807, 2.05) is 22.7 Å². The molecule has 20 heavy (non-hydrogen) atoms. The van der Waals surface area contributed by atoms with Gasteiger partial charge in [0, 0.05) is 28.9 Å². The minimum absolute atomic E-state index is 1.19. The average Bonchev–Trinajstić information content (AvgIpc) is 3.09. The van der Waals surface area contributed by atoms with Crippen LogP contribution < -0.4 is 0 Å². The van der Waals surface area contributed by atoms with E-state index in [0.29, 0.717) is 0 Å². The summed E-state index contributed by atoms with van der Waals surface area (Å²) in [4.78, 5) is 5.40. The first-order valence-corrected chi connectivity index (χ1v) is 10.6. The van der Waals surface area contributed by atoms with Gasteiger partial charge in [-0.15, -0.1) is 45.3 Å². The first-order chi connectivity index (χ1) is 9.69. The number of fused-ring (bicyclic) bond motifs is 1. The van der Waals surface area contributed by atoms with Crippen LogP contribution in [0, 0.1) is 0 Å². The summed E-state index contributed by atoms with van der Waals surface area (Å²) in [6.45, 7) is 0. The summed E-state index contributed by atoms with van der Waals surface area (Å²) in [7, 11) is 0. The molecule has 0 aliphatic carbocycles. The maximum Gasteiger partial charge on any atom is 0.0705 e. The second kappa shape index (κ2) is 5.34. The molecule has 0 N–H and O–H groups in total. The Hall–Kier alpha value is 0.0200. The smallest absolute Gasteiger partial charge is 0.0705 e. The second-order valence-corrected chi connectivity index (χ2v) is 11.3. The van der Waals surface area contributed by atoms with Gasteiger partial charge in [0.15, 0.2) is 0 Å². The van der Waals surface area contributed by atoms with E-state index in [2.05, 4.69) is 68.3 Å². The molecule has 0 amide bonds. The van der Waals surface area contributed by atoms with Gasteiger partial charge in [0.2, 0.25) is 0 Å². The van der Waals surface area contributed by atoms with E-state index in [-0.39, 0.29) is 0 Å². The van der Waals surface area contributed by atoms with Crippen molar-refractivity contribution in [3.8, 4) is 19.5 Å². The second-order valence-electron chi connectivity index (χ2n) is 4.16. The molecule has 4 rings (SSSR count). The standard InChI is InChI=1S/C14H6Br2S4/c15-13-3-1-7(19-13)9-5-11-12(17-9)6-10(18-11)8-2-4-14(16)20-8/h1-6H. The Labute approximate surface area is 149 Å².